The zero-order valence-corrected chi connectivity index (χ0v) is 12.7. The first-order valence-corrected chi connectivity index (χ1v) is 8.73. The van der Waals surface area contributed by atoms with Gasteiger partial charge in [-0.1, -0.05) is 5.16 Å². The van der Waals surface area contributed by atoms with Gasteiger partial charge in [-0.25, -0.2) is 8.42 Å². The standard InChI is InChI=1S/C13H22N2O3S/c1-10-13(11(2)18-14-10)8-15-6-4-5-12(7-15)9-19(3,16)17/h12H,4-9H2,1-3H3/t12-/m0/s1. The summed E-state index contributed by atoms with van der Waals surface area (Å²) in [6.45, 7) is 6.54. The molecule has 2 rings (SSSR count). The molecule has 1 aliphatic rings. The Balaban J connectivity index is 1.98. The highest BCUT2D eigenvalue weighted by Gasteiger charge is 2.24. The molecule has 108 valence electrons. The van der Waals surface area contributed by atoms with Gasteiger partial charge >= 0.3 is 0 Å². The van der Waals surface area contributed by atoms with E-state index in [0.29, 0.717) is 5.75 Å². The van der Waals surface area contributed by atoms with Gasteiger partial charge in [0.25, 0.3) is 0 Å². The first-order valence-electron chi connectivity index (χ1n) is 6.67. The lowest BCUT2D eigenvalue weighted by Crippen LogP contribution is -2.37. The van der Waals surface area contributed by atoms with Crippen molar-refractivity contribution in [1.82, 2.24) is 10.1 Å². The van der Waals surface area contributed by atoms with Crippen molar-refractivity contribution in [3.63, 3.8) is 0 Å². The molecule has 6 heteroatoms. The van der Waals surface area contributed by atoms with Crippen molar-refractivity contribution in [3.05, 3.63) is 17.0 Å². The SMILES string of the molecule is Cc1noc(C)c1CN1CCC[C@H](CS(C)(=O)=O)C1. The highest BCUT2D eigenvalue weighted by atomic mass is 32.2. The molecule has 1 atom stereocenters. The number of rotatable bonds is 4. The van der Waals surface area contributed by atoms with E-state index in [2.05, 4.69) is 10.1 Å². The van der Waals surface area contributed by atoms with E-state index < -0.39 is 9.84 Å². The van der Waals surface area contributed by atoms with Gasteiger partial charge in [-0.15, -0.1) is 0 Å². The van der Waals surface area contributed by atoms with Crippen LogP contribution >= 0.6 is 0 Å². The molecule has 0 spiro atoms. The summed E-state index contributed by atoms with van der Waals surface area (Å²) >= 11 is 0. The molecule has 2 heterocycles. The van der Waals surface area contributed by atoms with Crippen LogP contribution in [0.1, 0.15) is 29.9 Å². The van der Waals surface area contributed by atoms with E-state index in [9.17, 15) is 8.42 Å². The molecule has 0 N–H and O–H groups in total. The Morgan fingerprint density at radius 2 is 2.16 bits per heavy atom. The van der Waals surface area contributed by atoms with Gasteiger partial charge in [0.05, 0.1) is 11.4 Å². The van der Waals surface area contributed by atoms with Crippen molar-refractivity contribution >= 4 is 9.84 Å². The summed E-state index contributed by atoms with van der Waals surface area (Å²) in [5, 5.41) is 3.96. The molecule has 0 aliphatic carbocycles. The summed E-state index contributed by atoms with van der Waals surface area (Å²) in [5.41, 5.74) is 2.07. The Hall–Kier alpha value is -0.880. The largest absolute Gasteiger partial charge is 0.361 e. The normalized spacial score (nSPS) is 21.7. The molecule has 0 amide bonds. The van der Waals surface area contributed by atoms with Gasteiger partial charge in [0.15, 0.2) is 0 Å². The van der Waals surface area contributed by atoms with Crippen LogP contribution in [-0.4, -0.2) is 43.6 Å². The molecule has 1 fully saturated rings. The van der Waals surface area contributed by atoms with Crippen LogP contribution < -0.4 is 0 Å². The topological polar surface area (TPSA) is 63.4 Å². The summed E-state index contributed by atoms with van der Waals surface area (Å²) in [7, 11) is -2.88. The molecule has 0 saturated carbocycles. The monoisotopic (exact) mass is 286 g/mol. The Bertz CT molecular complexity index is 517. The molecule has 1 aromatic rings. The number of aryl methyl sites for hydroxylation is 2. The minimum atomic E-state index is -2.88. The molecule has 0 radical (unpaired) electrons. The fourth-order valence-corrected chi connectivity index (χ4v) is 3.94. The van der Waals surface area contributed by atoms with Crippen LogP contribution in [-0.2, 0) is 16.4 Å². The molecule has 1 aromatic heterocycles. The van der Waals surface area contributed by atoms with Crippen molar-refractivity contribution < 1.29 is 12.9 Å². The van der Waals surface area contributed by atoms with E-state index in [1.807, 2.05) is 13.8 Å². The van der Waals surface area contributed by atoms with Gasteiger partial charge in [0.2, 0.25) is 0 Å². The maximum absolute atomic E-state index is 11.4. The highest BCUT2D eigenvalue weighted by Crippen LogP contribution is 2.22. The van der Waals surface area contributed by atoms with Crippen molar-refractivity contribution in [1.29, 1.82) is 0 Å². The fourth-order valence-electron chi connectivity index (χ4n) is 2.81. The number of nitrogens with zero attached hydrogens (tertiary/aromatic N) is 2. The fraction of sp³-hybridized carbons (Fsp3) is 0.769. The van der Waals surface area contributed by atoms with Crippen LogP contribution in [0.2, 0.25) is 0 Å². The minimum absolute atomic E-state index is 0.254. The van der Waals surface area contributed by atoms with E-state index in [0.717, 1.165) is 49.5 Å². The van der Waals surface area contributed by atoms with E-state index in [1.165, 1.54) is 6.26 Å². The number of sulfone groups is 1. The summed E-state index contributed by atoms with van der Waals surface area (Å²) in [6, 6.07) is 0. The van der Waals surface area contributed by atoms with Gasteiger partial charge in [-0.3, -0.25) is 4.90 Å². The molecule has 0 bridgehead atoms. The Kier molecular flexibility index (Phi) is 4.30. The third-order valence-corrected chi connectivity index (χ3v) is 4.78. The average Bonchev–Trinajstić information content (AvgIpc) is 2.59. The van der Waals surface area contributed by atoms with E-state index in [-0.39, 0.29) is 5.92 Å². The van der Waals surface area contributed by atoms with Crippen molar-refractivity contribution in [2.75, 3.05) is 25.1 Å². The number of hydrogen-bond acceptors (Lipinski definition) is 5. The quantitative estimate of drug-likeness (QED) is 0.840. The first kappa shape index (κ1) is 14.5. The molecular formula is C13H22N2O3S. The summed E-state index contributed by atoms with van der Waals surface area (Å²) in [6.07, 6.45) is 3.38. The van der Waals surface area contributed by atoms with E-state index in [1.54, 1.807) is 0 Å². The molecule has 0 aromatic carbocycles. The van der Waals surface area contributed by atoms with Crippen LogP contribution in [0, 0.1) is 19.8 Å². The molecule has 19 heavy (non-hydrogen) atoms. The first-order chi connectivity index (χ1) is 8.85. The summed E-state index contributed by atoms with van der Waals surface area (Å²) in [5.74, 6) is 1.41. The van der Waals surface area contributed by atoms with Gasteiger partial charge in [-0.2, -0.15) is 0 Å². The second-order valence-corrected chi connectivity index (χ2v) is 7.82. The van der Waals surface area contributed by atoms with Crippen LogP contribution in [0.3, 0.4) is 0 Å². The summed E-state index contributed by atoms with van der Waals surface area (Å²) < 4.78 is 27.9. The molecule has 1 aliphatic heterocycles. The van der Waals surface area contributed by atoms with Gasteiger partial charge in [-0.05, 0) is 39.2 Å². The van der Waals surface area contributed by atoms with Crippen LogP contribution in [0.15, 0.2) is 4.52 Å². The lowest BCUT2D eigenvalue weighted by Gasteiger charge is -2.32. The van der Waals surface area contributed by atoms with Crippen LogP contribution in [0.4, 0.5) is 0 Å². The second-order valence-electron chi connectivity index (χ2n) is 5.64. The van der Waals surface area contributed by atoms with Crippen LogP contribution in [0.5, 0.6) is 0 Å². The maximum atomic E-state index is 11.4. The smallest absolute Gasteiger partial charge is 0.147 e. The molecule has 5 nitrogen and oxygen atoms in total. The predicted octanol–water partition coefficient (Wildman–Crippen LogP) is 1.55. The lowest BCUT2D eigenvalue weighted by atomic mass is 9.99. The lowest BCUT2D eigenvalue weighted by molar-refractivity contribution is 0.177. The van der Waals surface area contributed by atoms with E-state index >= 15 is 0 Å². The third kappa shape index (κ3) is 4.04. The van der Waals surface area contributed by atoms with Crippen LogP contribution in [0.25, 0.3) is 0 Å². The van der Waals surface area contributed by atoms with Gasteiger partial charge in [0.1, 0.15) is 15.6 Å². The van der Waals surface area contributed by atoms with Crippen molar-refractivity contribution in [3.8, 4) is 0 Å². The van der Waals surface area contributed by atoms with Gasteiger partial charge < -0.3 is 4.52 Å². The molecule has 1 saturated heterocycles. The van der Waals surface area contributed by atoms with Crippen molar-refractivity contribution in [2.24, 2.45) is 5.92 Å². The Labute approximate surface area is 114 Å². The average molecular weight is 286 g/mol. The summed E-state index contributed by atoms with van der Waals surface area (Å²) in [4.78, 5) is 2.31. The van der Waals surface area contributed by atoms with Crippen molar-refractivity contribution in [2.45, 2.75) is 33.2 Å². The van der Waals surface area contributed by atoms with E-state index in [4.69, 9.17) is 4.52 Å². The maximum Gasteiger partial charge on any atom is 0.147 e. The zero-order chi connectivity index (χ0) is 14.0. The highest BCUT2D eigenvalue weighted by molar-refractivity contribution is 7.90. The number of aromatic nitrogens is 1. The predicted molar refractivity (Wildman–Crippen MR) is 73.7 cm³/mol. The number of piperidine rings is 1. The minimum Gasteiger partial charge on any atom is -0.361 e. The number of likely N-dealkylation sites (tertiary alicyclic amines) is 1. The second kappa shape index (κ2) is 5.63. The zero-order valence-electron chi connectivity index (χ0n) is 11.8. The molecular weight excluding hydrogens is 264 g/mol. The van der Waals surface area contributed by atoms with Gasteiger partial charge in [0, 0.05) is 24.9 Å². The molecule has 0 unspecified atom stereocenters. The third-order valence-electron chi connectivity index (χ3n) is 3.70. The Morgan fingerprint density at radius 3 is 2.74 bits per heavy atom. The Morgan fingerprint density at radius 1 is 1.42 bits per heavy atom. The number of hydrogen-bond donors (Lipinski definition) is 0.